The standard InChI is InChI=1S/C22H24N2O5/c1-14(2)29-18-11-7-8-16(12-18)13-19(21(26)23-15(3)22(27)28)24-20(25)17-9-5-4-6-10-17/h4-15H,1-3H3,(H,23,26)(H,24,25)(H,27,28)/p-1/b19-13-/t15-/m0/s1. The van der Waals surface area contributed by atoms with E-state index >= 15 is 0 Å². The summed E-state index contributed by atoms with van der Waals surface area (Å²) in [6.07, 6.45) is 1.42. The minimum absolute atomic E-state index is 0.0290. The molecule has 0 fully saturated rings. The van der Waals surface area contributed by atoms with E-state index in [0.29, 0.717) is 16.9 Å². The van der Waals surface area contributed by atoms with Crippen LogP contribution in [0.3, 0.4) is 0 Å². The molecule has 0 aromatic heterocycles. The van der Waals surface area contributed by atoms with Gasteiger partial charge in [0.05, 0.1) is 18.1 Å². The summed E-state index contributed by atoms with van der Waals surface area (Å²) < 4.78 is 5.64. The van der Waals surface area contributed by atoms with Gasteiger partial charge in [0, 0.05) is 5.56 Å². The third kappa shape index (κ3) is 6.80. The van der Waals surface area contributed by atoms with Crippen LogP contribution in [0, 0.1) is 0 Å². The number of aliphatic carboxylic acids is 1. The SMILES string of the molecule is CC(C)Oc1cccc(/C=C(\NC(=O)c2ccccc2)C(=O)N[C@@H](C)C(=O)[O-])c1. The van der Waals surface area contributed by atoms with Crippen LogP contribution in [0.25, 0.3) is 6.08 Å². The fourth-order valence-corrected chi connectivity index (χ4v) is 2.39. The van der Waals surface area contributed by atoms with E-state index in [9.17, 15) is 19.5 Å². The Morgan fingerprint density at radius 2 is 1.69 bits per heavy atom. The normalized spacial score (nSPS) is 12.2. The molecule has 2 aromatic carbocycles. The molecule has 0 spiro atoms. The van der Waals surface area contributed by atoms with E-state index in [4.69, 9.17) is 4.74 Å². The maximum Gasteiger partial charge on any atom is 0.268 e. The van der Waals surface area contributed by atoms with Crippen molar-refractivity contribution in [2.24, 2.45) is 0 Å². The number of hydrogen-bond acceptors (Lipinski definition) is 5. The summed E-state index contributed by atoms with van der Waals surface area (Å²) in [4.78, 5) is 36.0. The highest BCUT2D eigenvalue weighted by molar-refractivity contribution is 6.06. The van der Waals surface area contributed by atoms with Crippen LogP contribution in [-0.4, -0.2) is 29.9 Å². The smallest absolute Gasteiger partial charge is 0.268 e. The van der Waals surface area contributed by atoms with E-state index in [1.807, 2.05) is 13.8 Å². The van der Waals surface area contributed by atoms with E-state index < -0.39 is 23.8 Å². The minimum atomic E-state index is -1.43. The number of nitrogens with one attached hydrogen (secondary N) is 2. The lowest BCUT2D eigenvalue weighted by molar-refractivity contribution is -0.307. The Kier molecular flexibility index (Phi) is 7.54. The Balaban J connectivity index is 2.33. The molecule has 0 aliphatic rings. The van der Waals surface area contributed by atoms with Crippen molar-refractivity contribution in [2.45, 2.75) is 32.9 Å². The highest BCUT2D eigenvalue weighted by atomic mass is 16.5. The average molecular weight is 395 g/mol. The number of carboxylic acids is 1. The Morgan fingerprint density at radius 1 is 1.00 bits per heavy atom. The average Bonchev–Trinajstić information content (AvgIpc) is 2.67. The number of amides is 2. The van der Waals surface area contributed by atoms with Gasteiger partial charge < -0.3 is 25.3 Å². The van der Waals surface area contributed by atoms with Gasteiger partial charge in [0.25, 0.3) is 11.8 Å². The van der Waals surface area contributed by atoms with Crippen LogP contribution in [0.2, 0.25) is 0 Å². The first kappa shape index (κ1) is 21.7. The molecule has 0 saturated carbocycles. The number of benzene rings is 2. The highest BCUT2D eigenvalue weighted by Crippen LogP contribution is 2.17. The molecule has 0 bridgehead atoms. The zero-order chi connectivity index (χ0) is 21.4. The number of hydrogen-bond donors (Lipinski definition) is 2. The van der Waals surface area contributed by atoms with E-state index in [1.165, 1.54) is 13.0 Å². The van der Waals surface area contributed by atoms with Gasteiger partial charge in [-0.15, -0.1) is 0 Å². The van der Waals surface area contributed by atoms with E-state index in [-0.39, 0.29) is 11.8 Å². The Morgan fingerprint density at radius 3 is 2.31 bits per heavy atom. The molecular weight excluding hydrogens is 372 g/mol. The largest absolute Gasteiger partial charge is 0.548 e. The number of carboxylic acid groups (broad SMARTS) is 1. The van der Waals surface area contributed by atoms with E-state index in [0.717, 1.165) is 0 Å². The Labute approximate surface area is 169 Å². The van der Waals surface area contributed by atoms with E-state index in [2.05, 4.69) is 10.6 Å². The van der Waals surface area contributed by atoms with Crippen molar-refractivity contribution in [1.82, 2.24) is 10.6 Å². The molecule has 0 aliphatic carbocycles. The van der Waals surface area contributed by atoms with Crippen molar-refractivity contribution < 1.29 is 24.2 Å². The molecule has 2 amide bonds. The van der Waals surface area contributed by atoms with Crippen molar-refractivity contribution >= 4 is 23.9 Å². The number of rotatable bonds is 8. The zero-order valence-electron chi connectivity index (χ0n) is 16.5. The number of carbonyl (C=O) groups excluding carboxylic acids is 3. The van der Waals surface area contributed by atoms with Gasteiger partial charge in [0.2, 0.25) is 0 Å². The second-order valence-electron chi connectivity index (χ2n) is 6.63. The summed E-state index contributed by atoms with van der Waals surface area (Å²) in [5.74, 6) is -2.07. The van der Waals surface area contributed by atoms with Crippen LogP contribution in [-0.2, 0) is 9.59 Å². The third-order valence-electron chi connectivity index (χ3n) is 3.77. The second-order valence-corrected chi connectivity index (χ2v) is 6.63. The predicted octanol–water partition coefficient (Wildman–Crippen LogP) is 1.50. The molecule has 2 rings (SSSR count). The molecule has 0 aliphatic heterocycles. The van der Waals surface area contributed by atoms with Gasteiger partial charge in [-0.25, -0.2) is 0 Å². The van der Waals surface area contributed by atoms with Crippen molar-refractivity contribution in [3.05, 3.63) is 71.4 Å². The highest BCUT2D eigenvalue weighted by Gasteiger charge is 2.17. The molecule has 0 radical (unpaired) electrons. The summed E-state index contributed by atoms with van der Waals surface area (Å²) in [5, 5.41) is 15.8. The summed E-state index contributed by atoms with van der Waals surface area (Å²) in [6.45, 7) is 5.06. The van der Waals surface area contributed by atoms with Crippen molar-refractivity contribution in [1.29, 1.82) is 0 Å². The molecule has 2 aromatic rings. The quantitative estimate of drug-likeness (QED) is 0.659. The molecular formula is C22H23N2O5-. The third-order valence-corrected chi connectivity index (χ3v) is 3.77. The maximum atomic E-state index is 12.6. The molecule has 29 heavy (non-hydrogen) atoms. The van der Waals surface area contributed by atoms with Crippen LogP contribution in [0.15, 0.2) is 60.3 Å². The molecule has 0 saturated heterocycles. The van der Waals surface area contributed by atoms with Crippen molar-refractivity contribution in [3.63, 3.8) is 0 Å². The Hall–Kier alpha value is -3.61. The molecule has 2 N–H and O–H groups in total. The number of carbonyl (C=O) groups is 3. The zero-order valence-corrected chi connectivity index (χ0v) is 16.5. The van der Waals surface area contributed by atoms with Gasteiger partial charge >= 0.3 is 0 Å². The van der Waals surface area contributed by atoms with Gasteiger partial charge in [-0.1, -0.05) is 30.3 Å². The molecule has 152 valence electrons. The second kappa shape index (κ2) is 10.1. The van der Waals surface area contributed by atoms with Gasteiger partial charge in [0.1, 0.15) is 11.4 Å². The fourth-order valence-electron chi connectivity index (χ4n) is 2.39. The van der Waals surface area contributed by atoms with Gasteiger partial charge in [-0.3, -0.25) is 9.59 Å². The molecule has 0 unspecified atom stereocenters. The summed E-state index contributed by atoms with van der Waals surface area (Å²) >= 11 is 0. The first-order valence-electron chi connectivity index (χ1n) is 9.13. The lowest BCUT2D eigenvalue weighted by Crippen LogP contribution is -2.48. The van der Waals surface area contributed by atoms with Gasteiger partial charge in [-0.2, -0.15) is 0 Å². The van der Waals surface area contributed by atoms with E-state index in [1.54, 1.807) is 54.6 Å². The predicted molar refractivity (Wildman–Crippen MR) is 107 cm³/mol. The fraction of sp³-hybridized carbons (Fsp3) is 0.227. The molecule has 7 nitrogen and oxygen atoms in total. The molecule has 1 atom stereocenters. The maximum absolute atomic E-state index is 12.6. The number of ether oxygens (including phenoxy) is 1. The summed E-state index contributed by atoms with van der Waals surface area (Å²) in [6, 6.07) is 14.1. The minimum Gasteiger partial charge on any atom is -0.548 e. The van der Waals surface area contributed by atoms with Crippen LogP contribution in [0.1, 0.15) is 36.7 Å². The Bertz CT molecular complexity index is 906. The first-order valence-corrected chi connectivity index (χ1v) is 9.13. The van der Waals surface area contributed by atoms with Crippen LogP contribution < -0.4 is 20.5 Å². The van der Waals surface area contributed by atoms with Gasteiger partial charge in [-0.05, 0) is 56.7 Å². The first-order chi connectivity index (χ1) is 13.8. The molecule has 7 heteroatoms. The lowest BCUT2D eigenvalue weighted by atomic mass is 10.1. The lowest BCUT2D eigenvalue weighted by Gasteiger charge is -2.17. The topological polar surface area (TPSA) is 108 Å². The molecule has 0 heterocycles. The summed E-state index contributed by atoms with van der Waals surface area (Å²) in [7, 11) is 0. The van der Waals surface area contributed by atoms with Gasteiger partial charge in [0.15, 0.2) is 0 Å². The van der Waals surface area contributed by atoms with Crippen molar-refractivity contribution in [2.75, 3.05) is 0 Å². The summed E-state index contributed by atoms with van der Waals surface area (Å²) in [5.41, 5.74) is 0.854. The van der Waals surface area contributed by atoms with Crippen LogP contribution in [0.4, 0.5) is 0 Å². The van der Waals surface area contributed by atoms with Crippen LogP contribution >= 0.6 is 0 Å². The monoisotopic (exact) mass is 395 g/mol. The van der Waals surface area contributed by atoms with Crippen molar-refractivity contribution in [3.8, 4) is 5.75 Å². The van der Waals surface area contributed by atoms with Crippen LogP contribution in [0.5, 0.6) is 5.75 Å².